The van der Waals surface area contributed by atoms with Crippen LogP contribution in [0, 0.1) is 0 Å². The van der Waals surface area contributed by atoms with Crippen LogP contribution in [0.25, 0.3) is 0 Å². The third-order valence-corrected chi connectivity index (χ3v) is 4.73. The number of likely N-dealkylation sites (tertiary alicyclic amines) is 1. The fraction of sp³-hybridized carbons (Fsp3) is 0.412. The molecule has 2 aromatic rings. The molecular weight excluding hydrogens is 280 g/mol. The zero-order chi connectivity index (χ0) is 14.5. The van der Waals surface area contributed by atoms with Crippen LogP contribution in [-0.2, 0) is 6.42 Å². The number of carbonyl (C=O) groups is 1. The number of aryl methyl sites for hydroxylation is 1. The number of aromatic nitrogens is 1. The monoisotopic (exact) mass is 300 g/mol. The molecule has 0 aliphatic carbocycles. The van der Waals surface area contributed by atoms with E-state index >= 15 is 0 Å². The first-order chi connectivity index (χ1) is 10.3. The molecule has 1 amide bonds. The Morgan fingerprint density at radius 1 is 1.29 bits per heavy atom. The molecule has 1 atom stereocenters. The molecule has 0 bridgehead atoms. The van der Waals surface area contributed by atoms with E-state index in [1.165, 1.54) is 23.3 Å². The lowest BCUT2D eigenvalue weighted by Gasteiger charge is -2.35. The largest absolute Gasteiger partial charge is 0.334 e. The molecule has 1 aliphatic rings. The number of nitrogens with zero attached hydrogens (tertiary/aromatic N) is 2. The van der Waals surface area contributed by atoms with Crippen molar-refractivity contribution >= 4 is 17.2 Å². The summed E-state index contributed by atoms with van der Waals surface area (Å²) < 4.78 is 0. The molecule has 1 aromatic carbocycles. The SMILES string of the molecule is O=C(c1cscn1)N1CCCC[C@@H]1CCc1ccccc1. The van der Waals surface area contributed by atoms with Crippen LogP contribution in [0.3, 0.4) is 0 Å². The second-order valence-electron chi connectivity index (χ2n) is 5.55. The van der Waals surface area contributed by atoms with E-state index in [1.54, 1.807) is 5.51 Å². The summed E-state index contributed by atoms with van der Waals surface area (Å²) in [4.78, 5) is 18.8. The fourth-order valence-corrected chi connectivity index (χ4v) is 3.54. The molecule has 0 unspecified atom stereocenters. The molecule has 1 fully saturated rings. The molecule has 1 aliphatic heterocycles. The van der Waals surface area contributed by atoms with E-state index in [0.717, 1.165) is 32.2 Å². The van der Waals surface area contributed by atoms with Gasteiger partial charge in [-0.15, -0.1) is 11.3 Å². The standard InChI is InChI=1S/C17H20N2OS/c20-17(16-12-21-13-18-16)19-11-5-4-8-15(19)10-9-14-6-2-1-3-7-14/h1-3,6-7,12-13,15H,4-5,8-11H2/t15-/m1/s1. The molecule has 1 saturated heterocycles. The molecule has 1 aromatic heterocycles. The Morgan fingerprint density at radius 2 is 2.14 bits per heavy atom. The second kappa shape index (κ2) is 6.85. The van der Waals surface area contributed by atoms with Crippen LogP contribution in [0.5, 0.6) is 0 Å². The maximum atomic E-state index is 12.6. The quantitative estimate of drug-likeness (QED) is 0.861. The number of amides is 1. The Balaban J connectivity index is 1.65. The summed E-state index contributed by atoms with van der Waals surface area (Å²) in [5.41, 5.74) is 3.69. The van der Waals surface area contributed by atoms with Gasteiger partial charge in [0.15, 0.2) is 0 Å². The summed E-state index contributed by atoms with van der Waals surface area (Å²) >= 11 is 1.48. The maximum Gasteiger partial charge on any atom is 0.273 e. The van der Waals surface area contributed by atoms with E-state index in [9.17, 15) is 4.79 Å². The van der Waals surface area contributed by atoms with Crippen LogP contribution in [0.15, 0.2) is 41.2 Å². The minimum atomic E-state index is 0.106. The van der Waals surface area contributed by atoms with Gasteiger partial charge in [-0.2, -0.15) is 0 Å². The van der Waals surface area contributed by atoms with Crippen molar-refractivity contribution in [2.45, 2.75) is 38.1 Å². The summed E-state index contributed by atoms with van der Waals surface area (Å²) in [6.07, 6.45) is 5.52. The Morgan fingerprint density at radius 3 is 2.90 bits per heavy atom. The van der Waals surface area contributed by atoms with Crippen molar-refractivity contribution in [3.05, 3.63) is 52.5 Å². The lowest BCUT2D eigenvalue weighted by molar-refractivity contribution is 0.0596. The molecule has 0 saturated carbocycles. The minimum Gasteiger partial charge on any atom is -0.334 e. The van der Waals surface area contributed by atoms with Gasteiger partial charge in [-0.05, 0) is 37.7 Å². The average molecular weight is 300 g/mol. The van der Waals surface area contributed by atoms with E-state index < -0.39 is 0 Å². The highest BCUT2D eigenvalue weighted by molar-refractivity contribution is 7.07. The molecule has 0 spiro atoms. The molecule has 3 rings (SSSR count). The van der Waals surface area contributed by atoms with Gasteiger partial charge in [-0.3, -0.25) is 4.79 Å². The van der Waals surface area contributed by atoms with Crippen LogP contribution in [0.2, 0.25) is 0 Å². The van der Waals surface area contributed by atoms with Crippen molar-refractivity contribution in [1.29, 1.82) is 0 Å². The van der Waals surface area contributed by atoms with Gasteiger partial charge < -0.3 is 4.90 Å². The first kappa shape index (κ1) is 14.3. The molecule has 110 valence electrons. The van der Waals surface area contributed by atoms with Gasteiger partial charge in [0.1, 0.15) is 5.69 Å². The number of hydrogen-bond acceptors (Lipinski definition) is 3. The predicted molar refractivity (Wildman–Crippen MR) is 85.6 cm³/mol. The number of piperidine rings is 1. The normalized spacial score (nSPS) is 18.7. The molecule has 2 heterocycles. The smallest absolute Gasteiger partial charge is 0.273 e. The van der Waals surface area contributed by atoms with Gasteiger partial charge in [-0.1, -0.05) is 30.3 Å². The molecule has 3 nitrogen and oxygen atoms in total. The molecule has 21 heavy (non-hydrogen) atoms. The maximum absolute atomic E-state index is 12.6. The highest BCUT2D eigenvalue weighted by Gasteiger charge is 2.27. The Bertz CT molecular complexity index is 568. The summed E-state index contributed by atoms with van der Waals surface area (Å²) in [6.45, 7) is 0.871. The zero-order valence-electron chi connectivity index (χ0n) is 12.1. The van der Waals surface area contributed by atoms with E-state index in [2.05, 4.69) is 29.2 Å². The van der Waals surface area contributed by atoms with Crippen LogP contribution in [0.1, 0.15) is 41.7 Å². The number of benzene rings is 1. The highest BCUT2D eigenvalue weighted by Crippen LogP contribution is 2.23. The van der Waals surface area contributed by atoms with Crippen LogP contribution >= 0.6 is 11.3 Å². The van der Waals surface area contributed by atoms with Crippen LogP contribution in [-0.4, -0.2) is 28.4 Å². The highest BCUT2D eigenvalue weighted by atomic mass is 32.1. The van der Waals surface area contributed by atoms with Crippen molar-refractivity contribution in [2.75, 3.05) is 6.54 Å². The van der Waals surface area contributed by atoms with Crippen molar-refractivity contribution in [3.63, 3.8) is 0 Å². The summed E-state index contributed by atoms with van der Waals surface area (Å²) in [5, 5.41) is 1.85. The number of rotatable bonds is 4. The first-order valence-electron chi connectivity index (χ1n) is 7.57. The third kappa shape index (κ3) is 3.50. The first-order valence-corrected chi connectivity index (χ1v) is 8.52. The van der Waals surface area contributed by atoms with E-state index in [0.29, 0.717) is 11.7 Å². The number of thiazole rings is 1. The third-order valence-electron chi connectivity index (χ3n) is 4.15. The fourth-order valence-electron chi connectivity index (χ4n) is 3.01. The molecule has 4 heteroatoms. The average Bonchev–Trinajstić information content (AvgIpc) is 3.08. The number of carbonyl (C=O) groups excluding carboxylic acids is 1. The molecule has 0 radical (unpaired) electrons. The lowest BCUT2D eigenvalue weighted by Crippen LogP contribution is -2.44. The van der Waals surface area contributed by atoms with Crippen molar-refractivity contribution in [1.82, 2.24) is 9.88 Å². The van der Waals surface area contributed by atoms with Crippen molar-refractivity contribution in [2.24, 2.45) is 0 Å². The van der Waals surface area contributed by atoms with E-state index in [-0.39, 0.29) is 5.91 Å². The summed E-state index contributed by atoms with van der Waals surface area (Å²) in [6, 6.07) is 10.9. The van der Waals surface area contributed by atoms with Crippen LogP contribution in [0.4, 0.5) is 0 Å². The van der Waals surface area contributed by atoms with E-state index in [1.807, 2.05) is 16.3 Å². The van der Waals surface area contributed by atoms with Gasteiger partial charge in [0.2, 0.25) is 0 Å². The summed E-state index contributed by atoms with van der Waals surface area (Å²) in [5.74, 6) is 0.106. The second-order valence-corrected chi connectivity index (χ2v) is 6.26. The lowest BCUT2D eigenvalue weighted by atomic mass is 9.95. The topological polar surface area (TPSA) is 33.2 Å². The van der Waals surface area contributed by atoms with Crippen molar-refractivity contribution in [3.8, 4) is 0 Å². The van der Waals surface area contributed by atoms with Gasteiger partial charge in [0, 0.05) is 18.0 Å². The summed E-state index contributed by atoms with van der Waals surface area (Å²) in [7, 11) is 0. The Kier molecular flexibility index (Phi) is 4.65. The minimum absolute atomic E-state index is 0.106. The van der Waals surface area contributed by atoms with Gasteiger partial charge in [-0.25, -0.2) is 4.98 Å². The van der Waals surface area contributed by atoms with Crippen molar-refractivity contribution < 1.29 is 4.79 Å². The molecule has 0 N–H and O–H groups in total. The van der Waals surface area contributed by atoms with Gasteiger partial charge in [0.05, 0.1) is 5.51 Å². The van der Waals surface area contributed by atoms with Crippen LogP contribution < -0.4 is 0 Å². The van der Waals surface area contributed by atoms with E-state index in [4.69, 9.17) is 0 Å². The zero-order valence-corrected chi connectivity index (χ0v) is 12.9. The predicted octanol–water partition coefficient (Wildman–Crippen LogP) is 3.77. The van der Waals surface area contributed by atoms with Gasteiger partial charge in [0.25, 0.3) is 5.91 Å². The van der Waals surface area contributed by atoms with Gasteiger partial charge >= 0.3 is 0 Å². The Labute approximate surface area is 129 Å². The molecular formula is C17H20N2OS. The Hall–Kier alpha value is -1.68. The number of hydrogen-bond donors (Lipinski definition) is 0.